The van der Waals surface area contributed by atoms with E-state index in [9.17, 15) is 4.79 Å². The van der Waals surface area contributed by atoms with Gasteiger partial charge in [0.15, 0.2) is 0 Å². The number of piperazine rings is 1. The van der Waals surface area contributed by atoms with E-state index in [0.717, 1.165) is 48.6 Å². The molecule has 0 saturated carbocycles. The molecule has 1 saturated heterocycles. The first-order valence-corrected chi connectivity index (χ1v) is 9.24. The van der Waals surface area contributed by atoms with Gasteiger partial charge in [0.25, 0.3) is 0 Å². The number of hydrogen-bond acceptors (Lipinski definition) is 6. The van der Waals surface area contributed by atoms with Crippen LogP contribution < -0.4 is 4.90 Å². The van der Waals surface area contributed by atoms with Gasteiger partial charge in [-0.3, -0.25) is 4.79 Å². The minimum atomic E-state index is 0.138. The van der Waals surface area contributed by atoms with Gasteiger partial charge >= 0.3 is 0 Å². The molecule has 1 atom stereocenters. The van der Waals surface area contributed by atoms with Crippen molar-refractivity contribution in [1.29, 1.82) is 0 Å². The van der Waals surface area contributed by atoms with Crippen LogP contribution in [-0.4, -0.2) is 56.7 Å². The molecule has 8 heteroatoms. The normalized spacial score (nSPS) is 16.5. The molecule has 1 unspecified atom stereocenters. The average molecular weight is 348 g/mol. The van der Waals surface area contributed by atoms with Crippen molar-refractivity contribution < 1.29 is 4.79 Å². The van der Waals surface area contributed by atoms with Crippen molar-refractivity contribution in [3.8, 4) is 0 Å². The Kier molecular flexibility index (Phi) is 5.13. The van der Waals surface area contributed by atoms with Gasteiger partial charge in [0.2, 0.25) is 11.0 Å². The zero-order valence-corrected chi connectivity index (χ0v) is 15.3. The maximum Gasteiger partial charge on any atom is 0.224 e. The average Bonchev–Trinajstić information content (AvgIpc) is 3.23. The van der Waals surface area contributed by atoms with Crippen LogP contribution in [0, 0.1) is 6.92 Å². The lowest BCUT2D eigenvalue weighted by Gasteiger charge is -2.35. The predicted molar refractivity (Wildman–Crippen MR) is 94.4 cm³/mol. The molecule has 24 heavy (non-hydrogen) atoms. The highest BCUT2D eigenvalue weighted by Crippen LogP contribution is 2.22. The molecule has 0 radical (unpaired) electrons. The molecule has 0 spiro atoms. The van der Waals surface area contributed by atoms with Crippen molar-refractivity contribution in [1.82, 2.24) is 24.6 Å². The third-order valence-electron chi connectivity index (χ3n) is 4.43. The number of aromatic nitrogens is 4. The first-order chi connectivity index (χ1) is 11.6. The van der Waals surface area contributed by atoms with E-state index in [-0.39, 0.29) is 11.9 Å². The molecule has 1 aliphatic rings. The summed E-state index contributed by atoms with van der Waals surface area (Å²) >= 11 is 1.61. The third-order valence-corrected chi connectivity index (χ3v) is 5.33. The van der Waals surface area contributed by atoms with Crippen LogP contribution in [-0.2, 0) is 11.2 Å². The smallest absolute Gasteiger partial charge is 0.224 e. The molecular weight excluding hydrogens is 324 g/mol. The number of hydrogen-bond donors (Lipinski definition) is 0. The number of carbonyl (C=O) groups is 1. The van der Waals surface area contributed by atoms with Gasteiger partial charge in [-0.15, -0.1) is 10.2 Å². The molecule has 1 fully saturated rings. The van der Waals surface area contributed by atoms with Crippen LogP contribution in [0.5, 0.6) is 0 Å². The minimum Gasteiger partial charge on any atom is -0.343 e. The molecule has 7 nitrogen and oxygen atoms in total. The monoisotopic (exact) mass is 348 g/mol. The van der Waals surface area contributed by atoms with E-state index < -0.39 is 0 Å². The van der Waals surface area contributed by atoms with E-state index in [4.69, 9.17) is 0 Å². The van der Waals surface area contributed by atoms with Gasteiger partial charge in [0, 0.05) is 57.5 Å². The van der Waals surface area contributed by atoms with E-state index >= 15 is 0 Å². The Morgan fingerprint density at radius 3 is 2.67 bits per heavy atom. The van der Waals surface area contributed by atoms with Crippen LogP contribution in [0.3, 0.4) is 0 Å². The van der Waals surface area contributed by atoms with E-state index in [1.807, 2.05) is 24.2 Å². The van der Waals surface area contributed by atoms with Crippen LogP contribution in [0.2, 0.25) is 0 Å². The summed E-state index contributed by atoms with van der Waals surface area (Å²) in [6.45, 7) is 9.26. The Bertz CT molecular complexity index is 688. The molecule has 0 N–H and O–H groups in total. The van der Waals surface area contributed by atoms with Gasteiger partial charge in [0.1, 0.15) is 10.8 Å². The topological polar surface area (TPSA) is 67.2 Å². The fraction of sp³-hybridized carbons (Fsp3) is 0.625. The first-order valence-electron chi connectivity index (χ1n) is 8.43. The Balaban J connectivity index is 1.53. The summed E-state index contributed by atoms with van der Waals surface area (Å²) in [6.07, 6.45) is 5.17. The van der Waals surface area contributed by atoms with Gasteiger partial charge < -0.3 is 14.4 Å². The van der Waals surface area contributed by atoms with Crippen LogP contribution in [0.4, 0.5) is 5.13 Å². The molecule has 3 rings (SSSR count). The highest BCUT2D eigenvalue weighted by Gasteiger charge is 2.24. The standard InChI is InChI=1S/C16H24N6OS/c1-4-14-17-5-6-22(14)12(2)11-15(23)20-7-9-21(10-8-20)16-19-18-13(3)24-16/h5-6,12H,4,7-11H2,1-3H3. The number of nitrogens with zero attached hydrogens (tertiary/aromatic N) is 6. The molecule has 1 amide bonds. The number of rotatable bonds is 5. The highest BCUT2D eigenvalue weighted by molar-refractivity contribution is 7.15. The number of aryl methyl sites for hydroxylation is 2. The van der Waals surface area contributed by atoms with Gasteiger partial charge in [-0.1, -0.05) is 18.3 Å². The Morgan fingerprint density at radius 1 is 1.29 bits per heavy atom. The van der Waals surface area contributed by atoms with Crippen molar-refractivity contribution >= 4 is 22.4 Å². The van der Waals surface area contributed by atoms with Gasteiger partial charge in [0.05, 0.1) is 0 Å². The highest BCUT2D eigenvalue weighted by atomic mass is 32.1. The molecule has 0 aliphatic carbocycles. The van der Waals surface area contributed by atoms with Crippen LogP contribution >= 0.6 is 11.3 Å². The van der Waals surface area contributed by atoms with Gasteiger partial charge in [-0.2, -0.15) is 0 Å². The third kappa shape index (κ3) is 3.58. The summed E-state index contributed by atoms with van der Waals surface area (Å²) in [6, 6.07) is 0.138. The van der Waals surface area contributed by atoms with E-state index in [1.54, 1.807) is 11.3 Å². The SMILES string of the molecule is CCc1nccn1C(C)CC(=O)N1CCN(c2nnc(C)s2)CC1. The van der Waals surface area contributed by atoms with Crippen molar-refractivity contribution in [2.75, 3.05) is 31.1 Å². The summed E-state index contributed by atoms with van der Waals surface area (Å²) in [4.78, 5) is 21.1. The van der Waals surface area contributed by atoms with Crippen molar-refractivity contribution in [3.05, 3.63) is 23.2 Å². The van der Waals surface area contributed by atoms with Crippen molar-refractivity contribution in [2.24, 2.45) is 0 Å². The minimum absolute atomic E-state index is 0.138. The lowest BCUT2D eigenvalue weighted by Crippen LogP contribution is -2.49. The Hall–Kier alpha value is -1.96. The Labute approximate surface area is 146 Å². The fourth-order valence-corrected chi connectivity index (χ4v) is 3.80. The zero-order chi connectivity index (χ0) is 17.1. The number of carbonyl (C=O) groups excluding carboxylic acids is 1. The van der Waals surface area contributed by atoms with E-state index in [2.05, 4.69) is 38.5 Å². The summed E-state index contributed by atoms with van der Waals surface area (Å²) in [7, 11) is 0. The number of amides is 1. The zero-order valence-electron chi connectivity index (χ0n) is 14.5. The van der Waals surface area contributed by atoms with Crippen LogP contribution in [0.15, 0.2) is 12.4 Å². The van der Waals surface area contributed by atoms with Crippen molar-refractivity contribution in [2.45, 2.75) is 39.7 Å². The molecule has 0 aromatic carbocycles. The van der Waals surface area contributed by atoms with E-state index in [1.165, 1.54) is 0 Å². The summed E-state index contributed by atoms with van der Waals surface area (Å²) < 4.78 is 2.11. The maximum atomic E-state index is 12.6. The lowest BCUT2D eigenvalue weighted by molar-refractivity contribution is -0.132. The fourth-order valence-electron chi connectivity index (χ4n) is 3.06. The summed E-state index contributed by atoms with van der Waals surface area (Å²) in [5.41, 5.74) is 0. The second-order valence-corrected chi connectivity index (χ2v) is 7.29. The quantitative estimate of drug-likeness (QED) is 0.826. The van der Waals surface area contributed by atoms with Gasteiger partial charge in [-0.25, -0.2) is 4.98 Å². The molecule has 2 aromatic rings. The molecule has 0 bridgehead atoms. The Morgan fingerprint density at radius 2 is 2.04 bits per heavy atom. The van der Waals surface area contributed by atoms with Crippen LogP contribution in [0.25, 0.3) is 0 Å². The maximum absolute atomic E-state index is 12.6. The van der Waals surface area contributed by atoms with E-state index in [0.29, 0.717) is 6.42 Å². The van der Waals surface area contributed by atoms with Crippen molar-refractivity contribution in [3.63, 3.8) is 0 Å². The largest absolute Gasteiger partial charge is 0.343 e. The molecule has 130 valence electrons. The first kappa shape index (κ1) is 16.9. The molecule has 2 aromatic heterocycles. The molecular formula is C16H24N6OS. The number of imidazole rings is 1. The molecule has 1 aliphatic heterocycles. The lowest BCUT2D eigenvalue weighted by atomic mass is 10.2. The molecule has 3 heterocycles. The summed E-state index contributed by atoms with van der Waals surface area (Å²) in [5, 5.41) is 10.2. The van der Waals surface area contributed by atoms with Crippen LogP contribution in [0.1, 0.15) is 37.1 Å². The second-order valence-electron chi connectivity index (χ2n) is 6.13. The number of anilines is 1. The predicted octanol–water partition coefficient (Wildman–Crippen LogP) is 1.91. The second kappa shape index (κ2) is 7.29. The van der Waals surface area contributed by atoms with Gasteiger partial charge in [-0.05, 0) is 13.8 Å². The summed E-state index contributed by atoms with van der Waals surface area (Å²) in [5.74, 6) is 1.25.